The highest BCUT2D eigenvalue weighted by molar-refractivity contribution is 5.21. The van der Waals surface area contributed by atoms with E-state index in [1.807, 2.05) is 6.20 Å². The molecule has 1 aliphatic rings. The van der Waals surface area contributed by atoms with Crippen molar-refractivity contribution in [1.29, 1.82) is 0 Å². The highest BCUT2D eigenvalue weighted by Crippen LogP contribution is 2.21. The lowest BCUT2D eigenvalue weighted by atomic mass is 10.1. The van der Waals surface area contributed by atoms with Gasteiger partial charge in [-0.05, 0) is 12.1 Å². The van der Waals surface area contributed by atoms with Gasteiger partial charge in [0, 0.05) is 49.3 Å². The summed E-state index contributed by atoms with van der Waals surface area (Å²) in [7, 11) is 0. The zero-order chi connectivity index (χ0) is 14.8. The predicted octanol–water partition coefficient (Wildman–Crippen LogP) is 3.31. The maximum absolute atomic E-state index is 5.80. The monoisotopic (exact) mass is 285 g/mol. The molecule has 4 nitrogen and oxygen atoms in total. The van der Waals surface area contributed by atoms with Crippen LogP contribution in [0.2, 0.25) is 0 Å². The molecule has 3 heterocycles. The molecule has 0 spiro atoms. The Morgan fingerprint density at radius 1 is 1.29 bits per heavy atom. The van der Waals surface area contributed by atoms with Gasteiger partial charge in [0.25, 0.3) is 0 Å². The molecule has 0 unspecified atom stereocenters. The number of furan rings is 1. The fraction of sp³-hybridized carbons (Fsp3) is 0.529. The van der Waals surface area contributed by atoms with Crippen molar-refractivity contribution in [2.24, 2.45) is 0 Å². The third-order valence-corrected chi connectivity index (χ3v) is 3.99. The second-order valence-electron chi connectivity index (χ2n) is 6.04. The fourth-order valence-corrected chi connectivity index (χ4v) is 2.72. The van der Waals surface area contributed by atoms with Crippen molar-refractivity contribution in [3.63, 3.8) is 0 Å². The topological polar surface area (TPSA) is 42.2 Å². The number of hydrogen-bond donors (Lipinski definition) is 0. The lowest BCUT2D eigenvalue weighted by molar-refractivity contribution is 0.221. The van der Waals surface area contributed by atoms with Gasteiger partial charge in [0.05, 0.1) is 6.54 Å². The largest absolute Gasteiger partial charge is 0.465 e. The van der Waals surface area contributed by atoms with Crippen molar-refractivity contribution in [3.05, 3.63) is 46.9 Å². The van der Waals surface area contributed by atoms with E-state index in [-0.39, 0.29) is 0 Å². The molecule has 0 aromatic carbocycles. The summed E-state index contributed by atoms with van der Waals surface area (Å²) in [6.45, 7) is 9.20. The van der Waals surface area contributed by atoms with E-state index in [0.717, 1.165) is 49.8 Å². The molecule has 0 saturated carbocycles. The summed E-state index contributed by atoms with van der Waals surface area (Å²) in [4.78, 5) is 11.6. The average molecular weight is 285 g/mol. The van der Waals surface area contributed by atoms with Gasteiger partial charge in [-0.25, -0.2) is 9.97 Å². The summed E-state index contributed by atoms with van der Waals surface area (Å²) in [5.41, 5.74) is 2.48. The number of aryl methyl sites for hydroxylation is 1. The van der Waals surface area contributed by atoms with Crippen molar-refractivity contribution in [2.75, 3.05) is 6.54 Å². The second kappa shape index (κ2) is 5.98. The van der Waals surface area contributed by atoms with Gasteiger partial charge in [0.15, 0.2) is 0 Å². The van der Waals surface area contributed by atoms with E-state index >= 15 is 0 Å². The molecular weight excluding hydrogens is 262 g/mol. The molecule has 0 saturated heterocycles. The molecule has 0 bridgehead atoms. The molecule has 21 heavy (non-hydrogen) atoms. The van der Waals surface area contributed by atoms with E-state index in [2.05, 4.69) is 42.8 Å². The molecule has 0 atom stereocenters. The maximum atomic E-state index is 5.80. The lowest BCUT2D eigenvalue weighted by Gasteiger charge is -2.27. The van der Waals surface area contributed by atoms with Crippen LogP contribution in [0.4, 0.5) is 0 Å². The number of rotatable bonds is 4. The summed E-state index contributed by atoms with van der Waals surface area (Å²) in [6, 6.07) is 4.16. The van der Waals surface area contributed by atoms with Crippen molar-refractivity contribution in [2.45, 2.75) is 52.6 Å². The minimum Gasteiger partial charge on any atom is -0.465 e. The molecule has 0 amide bonds. The van der Waals surface area contributed by atoms with Gasteiger partial charge in [-0.3, -0.25) is 4.90 Å². The van der Waals surface area contributed by atoms with Crippen molar-refractivity contribution in [3.8, 4) is 0 Å². The van der Waals surface area contributed by atoms with E-state index in [1.165, 1.54) is 11.3 Å². The summed E-state index contributed by atoms with van der Waals surface area (Å²) in [5, 5.41) is 0. The molecule has 0 fully saturated rings. The zero-order valence-corrected chi connectivity index (χ0v) is 13.1. The van der Waals surface area contributed by atoms with E-state index in [4.69, 9.17) is 9.40 Å². The average Bonchev–Trinajstić information content (AvgIpc) is 2.94. The Labute approximate surface area is 126 Å². The van der Waals surface area contributed by atoms with E-state index < -0.39 is 0 Å². The van der Waals surface area contributed by atoms with Gasteiger partial charge in [0.1, 0.15) is 17.3 Å². The van der Waals surface area contributed by atoms with Crippen LogP contribution < -0.4 is 0 Å². The first-order chi connectivity index (χ1) is 10.2. The fourth-order valence-electron chi connectivity index (χ4n) is 2.72. The zero-order valence-electron chi connectivity index (χ0n) is 13.1. The molecule has 1 aliphatic heterocycles. The van der Waals surface area contributed by atoms with Gasteiger partial charge in [0.2, 0.25) is 0 Å². The van der Waals surface area contributed by atoms with Crippen LogP contribution in [0, 0.1) is 0 Å². The Bertz CT molecular complexity index is 618. The van der Waals surface area contributed by atoms with E-state index in [9.17, 15) is 0 Å². The smallest absolute Gasteiger partial charge is 0.131 e. The van der Waals surface area contributed by atoms with Crippen molar-refractivity contribution < 1.29 is 4.42 Å². The van der Waals surface area contributed by atoms with Crippen LogP contribution in [0.1, 0.15) is 55.3 Å². The van der Waals surface area contributed by atoms with Crippen LogP contribution in [-0.2, 0) is 25.9 Å². The first kappa shape index (κ1) is 14.3. The third kappa shape index (κ3) is 3.16. The number of nitrogens with zero attached hydrogens (tertiary/aromatic N) is 3. The first-order valence-electron chi connectivity index (χ1n) is 7.80. The molecular formula is C17H23N3O. The normalized spacial score (nSPS) is 15.4. The molecule has 4 heteroatoms. The Morgan fingerprint density at radius 2 is 2.10 bits per heavy atom. The Kier molecular flexibility index (Phi) is 4.06. The summed E-state index contributed by atoms with van der Waals surface area (Å²) in [5.74, 6) is 3.46. The van der Waals surface area contributed by atoms with Crippen LogP contribution in [0.3, 0.4) is 0 Å². The number of hydrogen-bond acceptors (Lipinski definition) is 4. The molecule has 0 N–H and O–H groups in total. The second-order valence-corrected chi connectivity index (χ2v) is 6.04. The molecule has 2 aromatic heterocycles. The van der Waals surface area contributed by atoms with Gasteiger partial charge >= 0.3 is 0 Å². The highest BCUT2D eigenvalue weighted by atomic mass is 16.3. The maximum Gasteiger partial charge on any atom is 0.131 e. The molecule has 3 rings (SSSR count). The van der Waals surface area contributed by atoms with Crippen LogP contribution in [0.25, 0.3) is 0 Å². The summed E-state index contributed by atoms with van der Waals surface area (Å²) in [6.07, 6.45) is 3.96. The Hall–Kier alpha value is -1.68. The molecule has 112 valence electrons. The number of aromatic nitrogens is 2. The molecule has 2 aromatic rings. The minimum absolute atomic E-state index is 0.393. The van der Waals surface area contributed by atoms with E-state index in [0.29, 0.717) is 5.92 Å². The Balaban J connectivity index is 1.69. The van der Waals surface area contributed by atoms with Gasteiger partial charge < -0.3 is 4.42 Å². The van der Waals surface area contributed by atoms with E-state index in [1.54, 1.807) is 0 Å². The molecule has 0 aliphatic carbocycles. The lowest BCUT2D eigenvalue weighted by Crippen LogP contribution is -2.31. The Morgan fingerprint density at radius 3 is 2.81 bits per heavy atom. The summed E-state index contributed by atoms with van der Waals surface area (Å²) >= 11 is 0. The molecule has 0 radical (unpaired) electrons. The minimum atomic E-state index is 0.393. The standard InChI is InChI=1S/C17H23N3O/c1-4-14-5-6-15(21-14)11-20-8-7-16-13(10-20)9-18-17(19-16)12(2)3/h5-6,9,12H,4,7-8,10-11H2,1-3H3. The SMILES string of the molecule is CCc1ccc(CN2CCc3nc(C(C)C)ncc3C2)o1. The quantitative estimate of drug-likeness (QED) is 0.864. The van der Waals surface area contributed by atoms with Crippen LogP contribution in [0.15, 0.2) is 22.7 Å². The predicted molar refractivity (Wildman–Crippen MR) is 82.0 cm³/mol. The van der Waals surface area contributed by atoms with Crippen molar-refractivity contribution in [1.82, 2.24) is 14.9 Å². The third-order valence-electron chi connectivity index (χ3n) is 3.99. The van der Waals surface area contributed by atoms with Crippen LogP contribution >= 0.6 is 0 Å². The number of fused-ring (bicyclic) bond motifs is 1. The van der Waals surface area contributed by atoms with Gasteiger partial charge in [-0.1, -0.05) is 20.8 Å². The highest BCUT2D eigenvalue weighted by Gasteiger charge is 2.20. The first-order valence-corrected chi connectivity index (χ1v) is 7.80. The van der Waals surface area contributed by atoms with Crippen LogP contribution in [-0.4, -0.2) is 21.4 Å². The summed E-state index contributed by atoms with van der Waals surface area (Å²) < 4.78 is 5.80. The van der Waals surface area contributed by atoms with Gasteiger partial charge in [-0.15, -0.1) is 0 Å². The van der Waals surface area contributed by atoms with Gasteiger partial charge in [-0.2, -0.15) is 0 Å². The van der Waals surface area contributed by atoms with Crippen molar-refractivity contribution >= 4 is 0 Å². The van der Waals surface area contributed by atoms with Crippen LogP contribution in [0.5, 0.6) is 0 Å².